The number of hydrogen-bond donors (Lipinski definition) is 2. The Bertz CT molecular complexity index is 391. The van der Waals surface area contributed by atoms with Crippen molar-refractivity contribution in [1.82, 2.24) is 10.6 Å². The number of ether oxygens (including phenoxy) is 1. The van der Waals surface area contributed by atoms with E-state index in [9.17, 15) is 0 Å². The number of rotatable bonds is 5. The van der Waals surface area contributed by atoms with Crippen molar-refractivity contribution in [1.29, 1.82) is 0 Å². The zero-order valence-corrected chi connectivity index (χ0v) is 14.9. The second kappa shape index (κ2) is 7.43. The largest absolute Gasteiger partial charge is 0.378 e. The van der Waals surface area contributed by atoms with Gasteiger partial charge >= 0.3 is 0 Å². The van der Waals surface area contributed by atoms with Gasteiger partial charge in [-0.1, -0.05) is 6.42 Å². The Balaban J connectivity index is 1.56. The zero-order valence-electron chi connectivity index (χ0n) is 14.1. The number of nitrogens with one attached hydrogen (secondary N) is 2. The van der Waals surface area contributed by atoms with E-state index < -0.39 is 0 Å². The van der Waals surface area contributed by atoms with Crippen LogP contribution in [0.3, 0.4) is 0 Å². The summed E-state index contributed by atoms with van der Waals surface area (Å²) in [7, 11) is 0. The lowest BCUT2D eigenvalue weighted by Gasteiger charge is -2.61. The van der Waals surface area contributed by atoms with Gasteiger partial charge in [0.1, 0.15) is 0 Å². The highest BCUT2D eigenvalue weighted by atomic mass is 32.2. The summed E-state index contributed by atoms with van der Waals surface area (Å²) < 4.78 is 5.95. The molecule has 1 saturated heterocycles. The van der Waals surface area contributed by atoms with Crippen molar-refractivity contribution in [2.45, 2.75) is 70.6 Å². The summed E-state index contributed by atoms with van der Waals surface area (Å²) in [5.74, 6) is 3.55. The molecule has 3 atom stereocenters. The fraction of sp³-hybridized carbons (Fsp3) is 0.941. The summed E-state index contributed by atoms with van der Waals surface area (Å²) in [4.78, 5) is 4.68. The summed E-state index contributed by atoms with van der Waals surface area (Å²) >= 11 is 2.06. The smallest absolute Gasteiger partial charge is 0.191 e. The van der Waals surface area contributed by atoms with Gasteiger partial charge in [-0.05, 0) is 51.7 Å². The summed E-state index contributed by atoms with van der Waals surface area (Å²) in [5.41, 5.74) is 0.396. The van der Waals surface area contributed by atoms with Gasteiger partial charge in [0.15, 0.2) is 5.96 Å². The molecule has 1 spiro atoms. The number of nitrogens with zero attached hydrogens (tertiary/aromatic N) is 1. The Hall–Kier alpha value is -0.420. The minimum absolute atomic E-state index is 0.396. The first-order valence-electron chi connectivity index (χ1n) is 9.05. The topological polar surface area (TPSA) is 45.7 Å². The van der Waals surface area contributed by atoms with E-state index in [4.69, 9.17) is 4.74 Å². The lowest BCUT2D eigenvalue weighted by molar-refractivity contribution is -0.168. The molecule has 3 fully saturated rings. The molecule has 1 heterocycles. The minimum Gasteiger partial charge on any atom is -0.378 e. The summed E-state index contributed by atoms with van der Waals surface area (Å²) in [6, 6.07) is 1.13. The summed E-state index contributed by atoms with van der Waals surface area (Å²) in [6.07, 6.45) is 8.18. The van der Waals surface area contributed by atoms with Crippen LogP contribution in [0, 0.1) is 5.41 Å². The van der Waals surface area contributed by atoms with Gasteiger partial charge < -0.3 is 15.4 Å². The fourth-order valence-electron chi connectivity index (χ4n) is 4.14. The molecule has 22 heavy (non-hydrogen) atoms. The second-order valence-corrected chi connectivity index (χ2v) is 7.99. The van der Waals surface area contributed by atoms with E-state index in [0.29, 0.717) is 23.6 Å². The zero-order chi connectivity index (χ0) is 15.4. The quantitative estimate of drug-likeness (QED) is 0.603. The molecule has 0 aromatic rings. The number of thioether (sulfide) groups is 1. The van der Waals surface area contributed by atoms with Crippen molar-refractivity contribution in [2.24, 2.45) is 10.4 Å². The SMILES string of the molecule is CCN=C(NC1CCCSC1)NC1CC(OCC)C12CCC2. The van der Waals surface area contributed by atoms with Crippen LogP contribution in [0.2, 0.25) is 0 Å². The van der Waals surface area contributed by atoms with Crippen molar-refractivity contribution in [3.63, 3.8) is 0 Å². The van der Waals surface area contributed by atoms with Crippen LogP contribution in [-0.2, 0) is 4.74 Å². The average Bonchev–Trinajstić information content (AvgIpc) is 2.45. The lowest BCUT2D eigenvalue weighted by atomic mass is 9.51. The highest BCUT2D eigenvalue weighted by molar-refractivity contribution is 7.99. The predicted octanol–water partition coefficient (Wildman–Crippen LogP) is 2.78. The molecule has 2 N–H and O–H groups in total. The summed E-state index contributed by atoms with van der Waals surface area (Å²) in [5, 5.41) is 7.40. The number of guanidine groups is 1. The van der Waals surface area contributed by atoms with Gasteiger partial charge in [0.05, 0.1) is 6.10 Å². The Morgan fingerprint density at radius 3 is 2.73 bits per heavy atom. The maximum absolute atomic E-state index is 5.95. The van der Waals surface area contributed by atoms with Gasteiger partial charge in [0.2, 0.25) is 0 Å². The van der Waals surface area contributed by atoms with Crippen LogP contribution in [-0.4, -0.2) is 48.8 Å². The standard InChI is InChI=1S/C17H31N3OS/c1-3-18-16(19-13-7-5-10-22-12-13)20-14-11-15(21-4-2)17(14)8-6-9-17/h13-15H,3-12H2,1-2H3,(H2,18,19,20). The van der Waals surface area contributed by atoms with Crippen molar-refractivity contribution < 1.29 is 4.74 Å². The first-order valence-corrected chi connectivity index (χ1v) is 10.2. The van der Waals surface area contributed by atoms with Gasteiger partial charge in [-0.2, -0.15) is 11.8 Å². The predicted molar refractivity (Wildman–Crippen MR) is 94.7 cm³/mol. The molecule has 2 saturated carbocycles. The van der Waals surface area contributed by atoms with Crippen molar-refractivity contribution >= 4 is 17.7 Å². The van der Waals surface area contributed by atoms with Crippen LogP contribution in [0.15, 0.2) is 4.99 Å². The maximum atomic E-state index is 5.95. The molecular formula is C17H31N3OS. The minimum atomic E-state index is 0.396. The first kappa shape index (κ1) is 16.4. The monoisotopic (exact) mass is 325 g/mol. The van der Waals surface area contributed by atoms with E-state index in [1.54, 1.807) is 0 Å². The normalized spacial score (nSPS) is 33.9. The second-order valence-electron chi connectivity index (χ2n) is 6.84. The molecule has 5 heteroatoms. The van der Waals surface area contributed by atoms with E-state index >= 15 is 0 Å². The number of hydrogen-bond acceptors (Lipinski definition) is 3. The van der Waals surface area contributed by atoms with Gasteiger partial charge in [-0.25, -0.2) is 0 Å². The highest BCUT2D eigenvalue weighted by Crippen LogP contribution is 2.57. The van der Waals surface area contributed by atoms with Crippen LogP contribution in [0.5, 0.6) is 0 Å². The molecule has 0 aromatic carbocycles. The molecular weight excluding hydrogens is 294 g/mol. The Morgan fingerprint density at radius 1 is 1.27 bits per heavy atom. The van der Waals surface area contributed by atoms with Gasteiger partial charge in [-0.15, -0.1) is 0 Å². The van der Waals surface area contributed by atoms with Crippen LogP contribution in [0.1, 0.15) is 52.4 Å². The molecule has 3 unspecified atom stereocenters. The Kier molecular flexibility index (Phi) is 5.55. The van der Waals surface area contributed by atoms with Gasteiger partial charge in [-0.3, -0.25) is 4.99 Å². The van der Waals surface area contributed by atoms with E-state index in [0.717, 1.165) is 25.5 Å². The number of aliphatic imine (C=N–C) groups is 1. The van der Waals surface area contributed by atoms with Gasteiger partial charge in [0.25, 0.3) is 0 Å². The lowest BCUT2D eigenvalue weighted by Crippen LogP contribution is -2.69. The molecule has 3 rings (SSSR count). The molecule has 0 amide bonds. The highest BCUT2D eigenvalue weighted by Gasteiger charge is 2.59. The van der Waals surface area contributed by atoms with Gasteiger partial charge in [0, 0.05) is 36.4 Å². The molecule has 0 bridgehead atoms. The van der Waals surface area contributed by atoms with Crippen LogP contribution >= 0.6 is 11.8 Å². The third-order valence-corrected chi connectivity index (χ3v) is 6.78. The van der Waals surface area contributed by atoms with Crippen molar-refractivity contribution in [3.05, 3.63) is 0 Å². The van der Waals surface area contributed by atoms with E-state index in [-0.39, 0.29) is 0 Å². The van der Waals surface area contributed by atoms with Crippen LogP contribution < -0.4 is 10.6 Å². The molecule has 0 radical (unpaired) electrons. The van der Waals surface area contributed by atoms with E-state index in [1.807, 2.05) is 0 Å². The third kappa shape index (κ3) is 3.25. The first-order chi connectivity index (χ1) is 10.8. The average molecular weight is 326 g/mol. The van der Waals surface area contributed by atoms with Crippen LogP contribution in [0.25, 0.3) is 0 Å². The third-order valence-electron chi connectivity index (χ3n) is 5.57. The molecule has 3 aliphatic rings. The van der Waals surface area contributed by atoms with Crippen molar-refractivity contribution in [3.8, 4) is 0 Å². The van der Waals surface area contributed by atoms with E-state index in [2.05, 4.69) is 41.2 Å². The fourth-order valence-corrected chi connectivity index (χ4v) is 5.22. The molecule has 0 aromatic heterocycles. The maximum Gasteiger partial charge on any atom is 0.191 e. The molecule has 2 aliphatic carbocycles. The van der Waals surface area contributed by atoms with Crippen molar-refractivity contribution in [2.75, 3.05) is 24.7 Å². The van der Waals surface area contributed by atoms with Crippen LogP contribution in [0.4, 0.5) is 0 Å². The summed E-state index contributed by atoms with van der Waals surface area (Å²) in [6.45, 7) is 5.90. The molecule has 126 valence electrons. The van der Waals surface area contributed by atoms with E-state index in [1.165, 1.54) is 43.6 Å². The molecule has 1 aliphatic heterocycles. The molecule has 4 nitrogen and oxygen atoms in total. The Morgan fingerprint density at radius 2 is 2.14 bits per heavy atom. The Labute approximate surface area is 139 Å².